The number of aromatic nitrogens is 1. The minimum absolute atomic E-state index is 0.266. The fourth-order valence-electron chi connectivity index (χ4n) is 3.09. The van der Waals surface area contributed by atoms with Gasteiger partial charge in [0.05, 0.1) is 0 Å². The van der Waals surface area contributed by atoms with Gasteiger partial charge in [0.1, 0.15) is 0 Å². The summed E-state index contributed by atoms with van der Waals surface area (Å²) in [6, 6.07) is 4.68. The summed E-state index contributed by atoms with van der Waals surface area (Å²) in [6.07, 6.45) is 7.05. The van der Waals surface area contributed by atoms with Crippen molar-refractivity contribution in [2.24, 2.45) is 7.05 Å². The first-order valence-electron chi connectivity index (χ1n) is 7.66. The van der Waals surface area contributed by atoms with Gasteiger partial charge < -0.3 is 4.57 Å². The van der Waals surface area contributed by atoms with E-state index in [1.807, 2.05) is 13.8 Å². The molecule has 0 radical (unpaired) electrons. The van der Waals surface area contributed by atoms with E-state index in [2.05, 4.69) is 44.5 Å². The molecule has 1 aliphatic carbocycles. The normalized spacial score (nSPS) is 17.2. The second-order valence-electron chi connectivity index (χ2n) is 6.29. The third-order valence-electron chi connectivity index (χ3n) is 3.95. The number of nitrogens with zero attached hydrogens (tertiary/aromatic N) is 1. The molecule has 0 saturated heterocycles. The molecule has 2 rings (SSSR count). The SMILES string of the molecule is CC.Cn1c(C2CCCCC2)ccc1C(C)(C)C. The number of rotatable bonds is 1. The van der Waals surface area contributed by atoms with Gasteiger partial charge >= 0.3 is 0 Å². The summed E-state index contributed by atoms with van der Waals surface area (Å²) in [7, 11) is 2.24. The highest BCUT2D eigenvalue weighted by atomic mass is 15.0. The number of hydrogen-bond donors (Lipinski definition) is 0. The molecule has 0 bridgehead atoms. The standard InChI is InChI=1S/C15H25N.C2H6/c1-15(2,3)14-11-10-13(16(14)4)12-8-6-5-7-9-12;1-2/h10-12H,5-9H2,1-4H3;1-2H3. The second-order valence-corrected chi connectivity index (χ2v) is 6.29. The van der Waals surface area contributed by atoms with E-state index in [9.17, 15) is 0 Å². The molecular formula is C17H31N. The topological polar surface area (TPSA) is 4.93 Å². The van der Waals surface area contributed by atoms with Gasteiger partial charge in [-0.05, 0) is 30.9 Å². The Labute approximate surface area is 114 Å². The fraction of sp³-hybridized carbons (Fsp3) is 0.765. The van der Waals surface area contributed by atoms with Crippen LogP contribution in [0.4, 0.5) is 0 Å². The molecule has 0 atom stereocenters. The van der Waals surface area contributed by atoms with Crippen molar-refractivity contribution in [2.75, 3.05) is 0 Å². The molecule has 0 aromatic carbocycles. The zero-order valence-electron chi connectivity index (χ0n) is 13.2. The van der Waals surface area contributed by atoms with Gasteiger partial charge in [0, 0.05) is 23.9 Å². The lowest BCUT2D eigenvalue weighted by Crippen LogP contribution is -2.18. The predicted octanol–water partition coefficient (Wildman–Crippen LogP) is 5.40. The first-order valence-corrected chi connectivity index (χ1v) is 7.66. The quantitative estimate of drug-likeness (QED) is 0.628. The lowest BCUT2D eigenvalue weighted by atomic mass is 9.87. The van der Waals surface area contributed by atoms with Crippen molar-refractivity contribution in [3.63, 3.8) is 0 Å². The summed E-state index contributed by atoms with van der Waals surface area (Å²) in [5.74, 6) is 0.815. The molecule has 1 aliphatic rings. The summed E-state index contributed by atoms with van der Waals surface area (Å²) in [6.45, 7) is 10.9. The van der Waals surface area contributed by atoms with Crippen LogP contribution in [0.2, 0.25) is 0 Å². The third kappa shape index (κ3) is 3.40. The molecule has 1 heterocycles. The van der Waals surface area contributed by atoms with Gasteiger partial charge in [-0.15, -0.1) is 0 Å². The molecule has 0 unspecified atom stereocenters. The highest BCUT2D eigenvalue weighted by Crippen LogP contribution is 2.35. The molecule has 0 amide bonds. The van der Waals surface area contributed by atoms with Crippen molar-refractivity contribution < 1.29 is 0 Å². The Morgan fingerprint density at radius 3 is 2.00 bits per heavy atom. The Kier molecular flexibility index (Phi) is 5.49. The molecule has 1 aromatic rings. The zero-order valence-corrected chi connectivity index (χ0v) is 13.2. The Bertz CT molecular complexity index is 348. The Morgan fingerprint density at radius 1 is 1.00 bits per heavy atom. The fourth-order valence-corrected chi connectivity index (χ4v) is 3.09. The molecule has 0 aliphatic heterocycles. The van der Waals surface area contributed by atoms with E-state index >= 15 is 0 Å². The van der Waals surface area contributed by atoms with Crippen LogP contribution in [0.3, 0.4) is 0 Å². The van der Waals surface area contributed by atoms with E-state index in [1.54, 1.807) is 5.69 Å². The molecule has 1 heteroatoms. The highest BCUT2D eigenvalue weighted by molar-refractivity contribution is 5.24. The summed E-state index contributed by atoms with van der Waals surface area (Å²) in [5.41, 5.74) is 3.29. The van der Waals surface area contributed by atoms with Crippen molar-refractivity contribution in [1.82, 2.24) is 4.57 Å². The Balaban J connectivity index is 0.000000771. The van der Waals surface area contributed by atoms with E-state index in [1.165, 1.54) is 37.8 Å². The molecule has 1 fully saturated rings. The van der Waals surface area contributed by atoms with Gasteiger partial charge in [-0.1, -0.05) is 53.9 Å². The van der Waals surface area contributed by atoms with E-state index in [4.69, 9.17) is 0 Å². The minimum Gasteiger partial charge on any atom is -0.351 e. The zero-order chi connectivity index (χ0) is 13.8. The Morgan fingerprint density at radius 2 is 1.56 bits per heavy atom. The summed E-state index contributed by atoms with van der Waals surface area (Å²) < 4.78 is 2.44. The average Bonchev–Trinajstić information content (AvgIpc) is 2.74. The van der Waals surface area contributed by atoms with Crippen LogP contribution in [0.25, 0.3) is 0 Å². The van der Waals surface area contributed by atoms with E-state index in [0.717, 1.165) is 5.92 Å². The lowest BCUT2D eigenvalue weighted by Gasteiger charge is -2.25. The smallest absolute Gasteiger partial charge is 0.0228 e. The van der Waals surface area contributed by atoms with Gasteiger partial charge in [0.15, 0.2) is 0 Å². The van der Waals surface area contributed by atoms with Crippen LogP contribution in [0, 0.1) is 0 Å². The lowest BCUT2D eigenvalue weighted by molar-refractivity contribution is 0.423. The monoisotopic (exact) mass is 249 g/mol. The van der Waals surface area contributed by atoms with Crippen molar-refractivity contribution in [1.29, 1.82) is 0 Å². The minimum atomic E-state index is 0.266. The molecule has 1 aromatic heterocycles. The van der Waals surface area contributed by atoms with Crippen LogP contribution in [0.5, 0.6) is 0 Å². The van der Waals surface area contributed by atoms with Crippen LogP contribution in [0.1, 0.15) is 84.0 Å². The maximum atomic E-state index is 2.44. The Hall–Kier alpha value is -0.720. The van der Waals surface area contributed by atoms with Crippen LogP contribution in [-0.4, -0.2) is 4.57 Å². The molecule has 104 valence electrons. The summed E-state index contributed by atoms with van der Waals surface area (Å²) in [4.78, 5) is 0. The first-order chi connectivity index (χ1) is 8.50. The van der Waals surface area contributed by atoms with Crippen molar-refractivity contribution >= 4 is 0 Å². The van der Waals surface area contributed by atoms with Crippen LogP contribution in [0.15, 0.2) is 12.1 Å². The third-order valence-corrected chi connectivity index (χ3v) is 3.95. The van der Waals surface area contributed by atoms with Crippen LogP contribution >= 0.6 is 0 Å². The predicted molar refractivity (Wildman–Crippen MR) is 81.3 cm³/mol. The highest BCUT2D eigenvalue weighted by Gasteiger charge is 2.23. The molecular weight excluding hydrogens is 218 g/mol. The van der Waals surface area contributed by atoms with E-state index in [-0.39, 0.29) is 5.41 Å². The maximum Gasteiger partial charge on any atom is 0.0228 e. The van der Waals surface area contributed by atoms with E-state index < -0.39 is 0 Å². The number of hydrogen-bond acceptors (Lipinski definition) is 0. The van der Waals surface area contributed by atoms with Crippen molar-refractivity contribution in [3.8, 4) is 0 Å². The largest absolute Gasteiger partial charge is 0.351 e. The molecule has 1 nitrogen and oxygen atoms in total. The van der Waals surface area contributed by atoms with Gasteiger partial charge in [0.25, 0.3) is 0 Å². The van der Waals surface area contributed by atoms with Crippen molar-refractivity contribution in [2.45, 2.75) is 78.1 Å². The molecule has 18 heavy (non-hydrogen) atoms. The van der Waals surface area contributed by atoms with Crippen LogP contribution < -0.4 is 0 Å². The van der Waals surface area contributed by atoms with Crippen molar-refractivity contribution in [3.05, 3.63) is 23.5 Å². The average molecular weight is 249 g/mol. The summed E-state index contributed by atoms with van der Waals surface area (Å²) >= 11 is 0. The summed E-state index contributed by atoms with van der Waals surface area (Å²) in [5, 5.41) is 0. The van der Waals surface area contributed by atoms with Gasteiger partial charge in [0.2, 0.25) is 0 Å². The molecule has 1 saturated carbocycles. The van der Waals surface area contributed by atoms with Gasteiger partial charge in [-0.2, -0.15) is 0 Å². The first kappa shape index (κ1) is 15.3. The maximum absolute atomic E-state index is 2.44. The van der Waals surface area contributed by atoms with E-state index in [0.29, 0.717) is 0 Å². The molecule has 0 spiro atoms. The molecule has 0 N–H and O–H groups in total. The second kappa shape index (κ2) is 6.45. The van der Waals surface area contributed by atoms with Gasteiger partial charge in [-0.25, -0.2) is 0 Å². The van der Waals surface area contributed by atoms with Crippen LogP contribution in [-0.2, 0) is 12.5 Å². The van der Waals surface area contributed by atoms with Gasteiger partial charge in [-0.3, -0.25) is 0 Å².